The molecule has 0 saturated carbocycles. The minimum absolute atomic E-state index is 0.108. The molecule has 1 unspecified atom stereocenters. The summed E-state index contributed by atoms with van der Waals surface area (Å²) in [5, 5.41) is 9.32. The molecule has 2 aliphatic rings. The summed E-state index contributed by atoms with van der Waals surface area (Å²) in [5.41, 5.74) is -0.876. The quantitative estimate of drug-likeness (QED) is 0.776. The van der Waals surface area contributed by atoms with Crippen LogP contribution in [-0.2, 0) is 4.79 Å². The van der Waals surface area contributed by atoms with Crippen molar-refractivity contribution in [3.63, 3.8) is 0 Å². The van der Waals surface area contributed by atoms with Gasteiger partial charge in [0.2, 0.25) is 0 Å². The average molecular weight is 254 g/mol. The van der Waals surface area contributed by atoms with Crippen LogP contribution >= 0.6 is 0 Å². The highest BCUT2D eigenvalue weighted by molar-refractivity contribution is 5.86. The molecule has 2 rings (SSSR count). The first-order chi connectivity index (χ1) is 8.26. The number of rotatable bonds is 1. The van der Waals surface area contributed by atoms with Gasteiger partial charge in [-0.25, -0.2) is 9.59 Å². The van der Waals surface area contributed by atoms with E-state index in [0.29, 0.717) is 13.0 Å². The molecule has 0 spiro atoms. The Bertz CT molecular complexity index is 380. The topological polar surface area (TPSA) is 60.9 Å². The van der Waals surface area contributed by atoms with Crippen molar-refractivity contribution in [3.8, 4) is 0 Å². The number of carboxylic acids is 1. The van der Waals surface area contributed by atoms with Crippen LogP contribution in [0, 0.1) is 5.41 Å². The van der Waals surface area contributed by atoms with Crippen LogP contribution in [0.15, 0.2) is 0 Å². The highest BCUT2D eigenvalue weighted by atomic mass is 16.4. The van der Waals surface area contributed by atoms with E-state index in [2.05, 4.69) is 13.8 Å². The van der Waals surface area contributed by atoms with E-state index >= 15 is 0 Å². The molecule has 0 aromatic heterocycles. The van der Waals surface area contributed by atoms with Crippen molar-refractivity contribution in [1.82, 2.24) is 9.80 Å². The molecule has 5 heteroatoms. The zero-order chi connectivity index (χ0) is 13.6. The van der Waals surface area contributed by atoms with Crippen LogP contribution in [0.25, 0.3) is 0 Å². The van der Waals surface area contributed by atoms with Gasteiger partial charge in [-0.05, 0) is 31.6 Å². The van der Waals surface area contributed by atoms with Crippen LogP contribution in [-0.4, -0.2) is 52.1 Å². The van der Waals surface area contributed by atoms with Gasteiger partial charge in [-0.15, -0.1) is 0 Å². The molecule has 0 bridgehead atoms. The van der Waals surface area contributed by atoms with Gasteiger partial charge in [0, 0.05) is 19.6 Å². The molecule has 0 aliphatic carbocycles. The lowest BCUT2D eigenvalue weighted by molar-refractivity contribution is -0.147. The number of likely N-dealkylation sites (tertiary alicyclic amines) is 2. The van der Waals surface area contributed by atoms with Gasteiger partial charge >= 0.3 is 12.0 Å². The van der Waals surface area contributed by atoms with Gasteiger partial charge in [-0.3, -0.25) is 0 Å². The zero-order valence-corrected chi connectivity index (χ0v) is 11.4. The third kappa shape index (κ3) is 2.06. The Morgan fingerprint density at radius 2 is 1.78 bits per heavy atom. The van der Waals surface area contributed by atoms with Gasteiger partial charge in [0.25, 0.3) is 0 Å². The number of urea groups is 1. The highest BCUT2D eigenvalue weighted by Crippen LogP contribution is 2.34. The van der Waals surface area contributed by atoms with E-state index in [9.17, 15) is 14.7 Å². The van der Waals surface area contributed by atoms with E-state index in [1.54, 1.807) is 11.8 Å². The summed E-state index contributed by atoms with van der Waals surface area (Å²) >= 11 is 0. The molecule has 2 aliphatic heterocycles. The zero-order valence-electron chi connectivity index (χ0n) is 11.4. The molecule has 5 nitrogen and oxygen atoms in total. The third-order valence-electron chi connectivity index (χ3n) is 4.28. The fraction of sp³-hybridized carbons (Fsp3) is 0.846. The minimum Gasteiger partial charge on any atom is -0.480 e. The van der Waals surface area contributed by atoms with E-state index in [1.165, 1.54) is 4.90 Å². The molecule has 102 valence electrons. The van der Waals surface area contributed by atoms with Crippen molar-refractivity contribution in [2.45, 2.75) is 45.6 Å². The first kappa shape index (κ1) is 13.2. The number of carboxylic acid groups (broad SMARTS) is 1. The van der Waals surface area contributed by atoms with Crippen LogP contribution in [0.1, 0.15) is 40.0 Å². The van der Waals surface area contributed by atoms with Gasteiger partial charge in [0.1, 0.15) is 5.54 Å². The number of nitrogens with zero attached hydrogens (tertiary/aromatic N) is 2. The maximum atomic E-state index is 12.4. The second-order valence-electron chi connectivity index (χ2n) is 6.45. The van der Waals surface area contributed by atoms with E-state index in [-0.39, 0.29) is 11.4 Å². The Labute approximate surface area is 108 Å². The predicted molar refractivity (Wildman–Crippen MR) is 67.3 cm³/mol. The number of amides is 2. The summed E-state index contributed by atoms with van der Waals surface area (Å²) in [5.74, 6) is -0.896. The second kappa shape index (κ2) is 4.14. The maximum Gasteiger partial charge on any atom is 0.329 e. The number of carbonyl (C=O) groups excluding carboxylic acids is 1. The third-order valence-corrected chi connectivity index (χ3v) is 4.28. The molecule has 0 aromatic carbocycles. The molecule has 18 heavy (non-hydrogen) atoms. The minimum atomic E-state index is -1.02. The van der Waals surface area contributed by atoms with Crippen LogP contribution < -0.4 is 0 Å². The Morgan fingerprint density at radius 1 is 1.11 bits per heavy atom. The fourth-order valence-corrected chi connectivity index (χ4v) is 2.94. The molecule has 2 fully saturated rings. The van der Waals surface area contributed by atoms with E-state index in [4.69, 9.17) is 0 Å². The Hall–Kier alpha value is -1.26. The van der Waals surface area contributed by atoms with Gasteiger partial charge in [0.05, 0.1) is 0 Å². The molecule has 2 amide bonds. The molecule has 0 aromatic rings. The lowest BCUT2D eigenvalue weighted by atomic mass is 9.93. The average Bonchev–Trinajstić information content (AvgIpc) is 2.82. The summed E-state index contributed by atoms with van der Waals surface area (Å²) < 4.78 is 0. The van der Waals surface area contributed by atoms with Gasteiger partial charge in [0.15, 0.2) is 0 Å². The van der Waals surface area contributed by atoms with Gasteiger partial charge in [-0.1, -0.05) is 13.8 Å². The number of aliphatic carboxylic acids is 1. The Morgan fingerprint density at radius 3 is 2.28 bits per heavy atom. The van der Waals surface area contributed by atoms with E-state index < -0.39 is 11.5 Å². The first-order valence-corrected chi connectivity index (χ1v) is 6.56. The van der Waals surface area contributed by atoms with Crippen LogP contribution in [0.3, 0.4) is 0 Å². The first-order valence-electron chi connectivity index (χ1n) is 6.56. The molecule has 0 radical (unpaired) electrons. The van der Waals surface area contributed by atoms with Crippen molar-refractivity contribution < 1.29 is 14.7 Å². The molecular weight excluding hydrogens is 232 g/mol. The van der Waals surface area contributed by atoms with Gasteiger partial charge < -0.3 is 14.9 Å². The SMILES string of the molecule is CC1(C)CCN(C(=O)N2CCCC2(C)C(=O)O)C1. The monoisotopic (exact) mass is 254 g/mol. The summed E-state index contributed by atoms with van der Waals surface area (Å²) in [4.78, 5) is 27.1. The lowest BCUT2D eigenvalue weighted by Crippen LogP contribution is -2.54. The number of hydrogen-bond acceptors (Lipinski definition) is 2. The van der Waals surface area contributed by atoms with E-state index in [0.717, 1.165) is 25.9 Å². The molecular formula is C13H22N2O3. The van der Waals surface area contributed by atoms with Crippen molar-refractivity contribution in [2.24, 2.45) is 5.41 Å². The van der Waals surface area contributed by atoms with E-state index in [1.807, 2.05) is 0 Å². The Balaban J connectivity index is 2.12. The number of carbonyl (C=O) groups is 2. The fourth-order valence-electron chi connectivity index (χ4n) is 2.94. The van der Waals surface area contributed by atoms with Gasteiger partial charge in [-0.2, -0.15) is 0 Å². The smallest absolute Gasteiger partial charge is 0.329 e. The molecule has 2 saturated heterocycles. The predicted octanol–water partition coefficient (Wildman–Crippen LogP) is 1.78. The largest absolute Gasteiger partial charge is 0.480 e. The van der Waals surface area contributed by atoms with Crippen molar-refractivity contribution in [1.29, 1.82) is 0 Å². The van der Waals surface area contributed by atoms with Crippen molar-refractivity contribution >= 4 is 12.0 Å². The summed E-state index contributed by atoms with van der Waals surface area (Å²) in [6.07, 6.45) is 2.30. The van der Waals surface area contributed by atoms with Crippen molar-refractivity contribution in [2.75, 3.05) is 19.6 Å². The summed E-state index contributed by atoms with van der Waals surface area (Å²) in [6, 6.07) is -0.108. The maximum absolute atomic E-state index is 12.4. The highest BCUT2D eigenvalue weighted by Gasteiger charge is 2.48. The van der Waals surface area contributed by atoms with Crippen LogP contribution in [0.4, 0.5) is 4.79 Å². The molecule has 1 N–H and O–H groups in total. The Kier molecular flexibility index (Phi) is 3.03. The van der Waals surface area contributed by atoms with Crippen LogP contribution in [0.5, 0.6) is 0 Å². The van der Waals surface area contributed by atoms with Crippen LogP contribution in [0.2, 0.25) is 0 Å². The number of hydrogen-bond donors (Lipinski definition) is 1. The molecule has 1 atom stereocenters. The standard InChI is InChI=1S/C13H22N2O3/c1-12(2)6-8-14(9-12)11(18)15-7-4-5-13(15,3)10(16)17/h4-9H2,1-3H3,(H,16,17). The van der Waals surface area contributed by atoms with Crippen molar-refractivity contribution in [3.05, 3.63) is 0 Å². The molecule has 2 heterocycles. The summed E-state index contributed by atoms with van der Waals surface area (Å²) in [6.45, 7) is 7.94. The normalized spacial score (nSPS) is 30.8. The second-order valence-corrected chi connectivity index (χ2v) is 6.45. The lowest BCUT2D eigenvalue weighted by Gasteiger charge is -2.34. The summed E-state index contributed by atoms with van der Waals surface area (Å²) in [7, 11) is 0.